The van der Waals surface area contributed by atoms with Gasteiger partial charge < -0.3 is 23.9 Å². The molecule has 0 fully saturated rings. The molecule has 4 aromatic rings. The van der Waals surface area contributed by atoms with Crippen LogP contribution in [0.5, 0.6) is 17.2 Å². The molecule has 0 aliphatic rings. The quantitative estimate of drug-likeness (QED) is 0.456. The highest BCUT2D eigenvalue weighted by molar-refractivity contribution is 6.13. The lowest BCUT2D eigenvalue weighted by atomic mass is 10.1. The maximum absolute atomic E-state index is 13.1. The molecular formula is C24H22N2O5. The predicted molar refractivity (Wildman–Crippen MR) is 117 cm³/mol. The number of methoxy groups -OCH3 is 2. The molecule has 0 unspecified atom stereocenters. The van der Waals surface area contributed by atoms with Crippen molar-refractivity contribution in [3.63, 3.8) is 0 Å². The maximum Gasteiger partial charge on any atom is 0.259 e. The van der Waals surface area contributed by atoms with E-state index < -0.39 is 0 Å². The molecule has 0 radical (unpaired) electrons. The Hall–Kier alpha value is -4.00. The van der Waals surface area contributed by atoms with E-state index in [0.29, 0.717) is 51.8 Å². The lowest BCUT2D eigenvalue weighted by molar-refractivity contribution is 0.102. The van der Waals surface area contributed by atoms with Gasteiger partial charge in [-0.05, 0) is 43.3 Å². The van der Waals surface area contributed by atoms with Crippen LogP contribution in [0, 0.1) is 6.92 Å². The van der Waals surface area contributed by atoms with E-state index in [1.807, 2.05) is 12.1 Å². The third kappa shape index (κ3) is 4.30. The number of carbonyl (C=O) groups excluding carboxylic acids is 1. The van der Waals surface area contributed by atoms with Gasteiger partial charge in [0.05, 0.1) is 19.8 Å². The van der Waals surface area contributed by atoms with E-state index in [9.17, 15) is 4.79 Å². The van der Waals surface area contributed by atoms with E-state index in [1.165, 1.54) is 0 Å². The van der Waals surface area contributed by atoms with Crippen LogP contribution in [-0.4, -0.2) is 25.1 Å². The fraction of sp³-hybridized carbons (Fsp3) is 0.167. The minimum atomic E-state index is -0.284. The van der Waals surface area contributed by atoms with Crippen LogP contribution in [0.25, 0.3) is 11.0 Å². The number of aryl methyl sites for hydroxylation is 1. The predicted octanol–water partition coefficient (Wildman–Crippen LogP) is 4.98. The van der Waals surface area contributed by atoms with Gasteiger partial charge in [0.2, 0.25) is 0 Å². The molecule has 0 aliphatic carbocycles. The van der Waals surface area contributed by atoms with Gasteiger partial charge in [-0.25, -0.2) is 0 Å². The summed E-state index contributed by atoms with van der Waals surface area (Å²) in [6, 6.07) is 14.4. The number of hydrogen-bond donors (Lipinski definition) is 1. The molecule has 0 saturated carbocycles. The lowest BCUT2D eigenvalue weighted by Gasteiger charge is -2.13. The molecule has 2 aromatic carbocycles. The highest BCUT2D eigenvalue weighted by Gasteiger charge is 2.19. The van der Waals surface area contributed by atoms with E-state index >= 15 is 0 Å². The molecule has 0 aliphatic heterocycles. The Labute approximate surface area is 179 Å². The Morgan fingerprint density at radius 3 is 2.68 bits per heavy atom. The number of anilines is 1. The van der Waals surface area contributed by atoms with Gasteiger partial charge in [0.15, 0.2) is 11.5 Å². The van der Waals surface area contributed by atoms with Gasteiger partial charge in [-0.3, -0.25) is 9.78 Å². The molecule has 2 aromatic heterocycles. The molecule has 31 heavy (non-hydrogen) atoms. The van der Waals surface area contributed by atoms with E-state index in [1.54, 1.807) is 69.9 Å². The van der Waals surface area contributed by atoms with E-state index in [-0.39, 0.29) is 5.91 Å². The van der Waals surface area contributed by atoms with E-state index in [0.717, 1.165) is 5.56 Å². The average Bonchev–Trinajstić information content (AvgIpc) is 3.13. The van der Waals surface area contributed by atoms with Crippen LogP contribution in [0.4, 0.5) is 5.69 Å². The summed E-state index contributed by atoms with van der Waals surface area (Å²) in [5.41, 5.74) is 2.58. The molecular weight excluding hydrogens is 396 g/mol. The molecule has 4 rings (SSSR count). The summed E-state index contributed by atoms with van der Waals surface area (Å²) in [5.74, 6) is 1.98. The minimum Gasteiger partial charge on any atom is -0.497 e. The summed E-state index contributed by atoms with van der Waals surface area (Å²) >= 11 is 0. The number of benzene rings is 2. The third-order valence-electron chi connectivity index (χ3n) is 4.84. The number of furan rings is 1. The van der Waals surface area contributed by atoms with Crippen molar-refractivity contribution in [1.82, 2.24) is 4.98 Å². The van der Waals surface area contributed by atoms with Gasteiger partial charge in [-0.1, -0.05) is 6.07 Å². The fourth-order valence-electron chi connectivity index (χ4n) is 3.31. The van der Waals surface area contributed by atoms with Crippen molar-refractivity contribution in [3.8, 4) is 17.2 Å². The number of fused-ring (bicyclic) bond motifs is 1. The zero-order valence-electron chi connectivity index (χ0n) is 17.5. The highest BCUT2D eigenvalue weighted by Crippen LogP contribution is 2.33. The molecule has 0 spiro atoms. The number of nitrogens with one attached hydrogen (secondary N) is 1. The highest BCUT2D eigenvalue weighted by atomic mass is 16.5. The third-order valence-corrected chi connectivity index (χ3v) is 4.84. The molecule has 158 valence electrons. The Kier molecular flexibility index (Phi) is 5.75. The molecule has 7 heteroatoms. The van der Waals surface area contributed by atoms with Crippen molar-refractivity contribution >= 4 is 22.6 Å². The lowest BCUT2D eigenvalue weighted by Crippen LogP contribution is -2.12. The number of amides is 1. The molecule has 2 heterocycles. The van der Waals surface area contributed by atoms with Crippen molar-refractivity contribution in [2.45, 2.75) is 13.5 Å². The van der Waals surface area contributed by atoms with Gasteiger partial charge in [0.25, 0.3) is 5.91 Å². The Morgan fingerprint density at radius 1 is 1.06 bits per heavy atom. The zero-order valence-corrected chi connectivity index (χ0v) is 17.5. The summed E-state index contributed by atoms with van der Waals surface area (Å²) in [7, 11) is 3.15. The Bertz CT molecular complexity index is 1220. The Balaban J connectivity index is 1.58. The first-order chi connectivity index (χ1) is 15.1. The van der Waals surface area contributed by atoms with Crippen LogP contribution in [0.15, 0.2) is 65.3 Å². The normalized spacial score (nSPS) is 10.7. The summed E-state index contributed by atoms with van der Waals surface area (Å²) in [6.07, 6.45) is 3.44. The fourth-order valence-corrected chi connectivity index (χ4v) is 3.31. The standard InChI is InChI=1S/C24H22N2O5/c1-15-23(19-12-18(28-2)7-9-20(19)31-15)24(27)26-17-6-8-21(29-3)22(11-17)30-14-16-5-4-10-25-13-16/h4-13H,14H2,1-3H3,(H,26,27). The summed E-state index contributed by atoms with van der Waals surface area (Å²) < 4.78 is 22.3. The van der Waals surface area contributed by atoms with Crippen LogP contribution < -0.4 is 19.5 Å². The van der Waals surface area contributed by atoms with E-state index in [4.69, 9.17) is 18.6 Å². The molecule has 0 bridgehead atoms. The van der Waals surface area contributed by atoms with Crippen LogP contribution in [0.2, 0.25) is 0 Å². The second kappa shape index (κ2) is 8.79. The zero-order chi connectivity index (χ0) is 21.8. The van der Waals surface area contributed by atoms with Crippen molar-refractivity contribution < 1.29 is 23.4 Å². The number of pyridine rings is 1. The minimum absolute atomic E-state index is 0.284. The molecule has 1 N–H and O–H groups in total. The topological polar surface area (TPSA) is 82.8 Å². The van der Waals surface area contributed by atoms with Gasteiger partial charge in [0.1, 0.15) is 23.7 Å². The summed E-state index contributed by atoms with van der Waals surface area (Å²) in [6.45, 7) is 2.09. The molecule has 0 atom stereocenters. The van der Waals surface area contributed by atoms with Crippen molar-refractivity contribution in [1.29, 1.82) is 0 Å². The number of nitrogens with zero attached hydrogens (tertiary/aromatic N) is 1. The Morgan fingerprint density at radius 2 is 1.94 bits per heavy atom. The second-order valence-electron chi connectivity index (χ2n) is 6.87. The van der Waals surface area contributed by atoms with Crippen molar-refractivity contribution in [3.05, 3.63) is 77.8 Å². The van der Waals surface area contributed by atoms with Crippen molar-refractivity contribution in [2.75, 3.05) is 19.5 Å². The number of ether oxygens (including phenoxy) is 3. The second-order valence-corrected chi connectivity index (χ2v) is 6.87. The van der Waals surface area contributed by atoms with Crippen molar-refractivity contribution in [2.24, 2.45) is 0 Å². The molecule has 1 amide bonds. The average molecular weight is 418 g/mol. The van der Waals surface area contributed by atoms with Crippen LogP contribution in [-0.2, 0) is 6.61 Å². The van der Waals surface area contributed by atoms with Gasteiger partial charge in [-0.15, -0.1) is 0 Å². The van der Waals surface area contributed by atoms with Gasteiger partial charge in [-0.2, -0.15) is 0 Å². The first kappa shape index (κ1) is 20.3. The van der Waals surface area contributed by atoms with Gasteiger partial charge >= 0.3 is 0 Å². The van der Waals surface area contributed by atoms with Gasteiger partial charge in [0, 0.05) is 35.1 Å². The number of rotatable bonds is 7. The number of aromatic nitrogens is 1. The van der Waals surface area contributed by atoms with Crippen LogP contribution >= 0.6 is 0 Å². The largest absolute Gasteiger partial charge is 0.497 e. The smallest absolute Gasteiger partial charge is 0.259 e. The van der Waals surface area contributed by atoms with Crippen LogP contribution in [0.3, 0.4) is 0 Å². The number of carbonyl (C=O) groups is 1. The maximum atomic E-state index is 13.1. The monoisotopic (exact) mass is 418 g/mol. The van der Waals surface area contributed by atoms with E-state index in [2.05, 4.69) is 10.3 Å². The molecule has 0 saturated heterocycles. The first-order valence-electron chi connectivity index (χ1n) is 9.67. The SMILES string of the molecule is COc1ccc2oc(C)c(C(=O)Nc3ccc(OC)c(OCc4cccnc4)c3)c2c1. The van der Waals surface area contributed by atoms with Crippen LogP contribution in [0.1, 0.15) is 21.7 Å². The summed E-state index contributed by atoms with van der Waals surface area (Å²) in [4.78, 5) is 17.1. The summed E-state index contributed by atoms with van der Waals surface area (Å²) in [5, 5.41) is 3.61. The molecule has 7 nitrogen and oxygen atoms in total. The number of hydrogen-bond acceptors (Lipinski definition) is 6. The first-order valence-corrected chi connectivity index (χ1v) is 9.67.